The SMILES string of the molecule is O=C(Nc1ccccc1Cl)C(=O)Nn1c(C(=O)Nc2ccccc2F)cc2cc(Cl)ccc21. The second kappa shape index (κ2) is 9.32. The molecule has 0 unspecified atom stereocenters. The van der Waals surface area contributed by atoms with E-state index in [2.05, 4.69) is 16.1 Å². The Kier molecular flexibility index (Phi) is 6.30. The van der Waals surface area contributed by atoms with E-state index in [-0.39, 0.29) is 22.1 Å². The summed E-state index contributed by atoms with van der Waals surface area (Å²) in [5, 5.41) is 6.04. The van der Waals surface area contributed by atoms with Crippen LogP contribution in [0.3, 0.4) is 0 Å². The van der Waals surface area contributed by atoms with Gasteiger partial charge in [0, 0.05) is 10.4 Å². The summed E-state index contributed by atoms with van der Waals surface area (Å²) in [6.07, 6.45) is 0. The average Bonchev–Trinajstić information content (AvgIpc) is 3.14. The normalized spacial score (nSPS) is 10.6. The van der Waals surface area contributed by atoms with Crippen molar-refractivity contribution in [2.45, 2.75) is 0 Å². The Bertz CT molecular complexity index is 1400. The van der Waals surface area contributed by atoms with E-state index in [1.165, 1.54) is 30.3 Å². The molecule has 0 saturated heterocycles. The molecule has 166 valence electrons. The first kappa shape index (κ1) is 22.3. The zero-order chi connectivity index (χ0) is 23.5. The van der Waals surface area contributed by atoms with Gasteiger partial charge in [0.15, 0.2) is 0 Å². The van der Waals surface area contributed by atoms with E-state index in [4.69, 9.17) is 23.2 Å². The molecule has 10 heteroatoms. The van der Waals surface area contributed by atoms with Crippen molar-refractivity contribution in [2.75, 3.05) is 16.1 Å². The summed E-state index contributed by atoms with van der Waals surface area (Å²) < 4.78 is 15.1. The number of hydrogen-bond donors (Lipinski definition) is 3. The minimum atomic E-state index is -1.05. The van der Waals surface area contributed by atoms with Gasteiger partial charge < -0.3 is 10.6 Å². The zero-order valence-electron chi connectivity index (χ0n) is 16.7. The molecular formula is C23H15Cl2FN4O3. The van der Waals surface area contributed by atoms with Crippen LogP contribution in [0.5, 0.6) is 0 Å². The summed E-state index contributed by atoms with van der Waals surface area (Å²) in [7, 11) is 0. The number of nitrogens with zero attached hydrogens (tertiary/aromatic N) is 1. The van der Waals surface area contributed by atoms with Crippen molar-refractivity contribution in [2.24, 2.45) is 0 Å². The maximum atomic E-state index is 14.0. The van der Waals surface area contributed by atoms with Crippen LogP contribution in [0.1, 0.15) is 10.5 Å². The minimum absolute atomic E-state index is 0.0415. The van der Waals surface area contributed by atoms with E-state index in [1.54, 1.807) is 42.5 Å². The molecule has 0 aliphatic rings. The van der Waals surface area contributed by atoms with E-state index in [0.29, 0.717) is 15.9 Å². The highest BCUT2D eigenvalue weighted by molar-refractivity contribution is 6.44. The van der Waals surface area contributed by atoms with Gasteiger partial charge in [0.05, 0.1) is 21.9 Å². The summed E-state index contributed by atoms with van der Waals surface area (Å²) in [6.45, 7) is 0. The molecule has 0 aliphatic carbocycles. The van der Waals surface area contributed by atoms with Gasteiger partial charge in [-0.15, -0.1) is 0 Å². The van der Waals surface area contributed by atoms with Gasteiger partial charge in [-0.2, -0.15) is 0 Å². The van der Waals surface area contributed by atoms with Gasteiger partial charge in [0.2, 0.25) is 0 Å². The lowest BCUT2D eigenvalue weighted by Gasteiger charge is -2.13. The molecule has 33 heavy (non-hydrogen) atoms. The molecule has 0 spiro atoms. The van der Waals surface area contributed by atoms with Crippen LogP contribution in [0.25, 0.3) is 10.9 Å². The van der Waals surface area contributed by atoms with Crippen molar-refractivity contribution >= 4 is 63.2 Å². The van der Waals surface area contributed by atoms with E-state index in [1.807, 2.05) is 0 Å². The molecule has 0 saturated carbocycles. The monoisotopic (exact) mass is 484 g/mol. The Morgan fingerprint density at radius 3 is 2.21 bits per heavy atom. The number of rotatable bonds is 4. The molecule has 4 rings (SSSR count). The van der Waals surface area contributed by atoms with Crippen LogP contribution in [0.15, 0.2) is 72.8 Å². The smallest absolute Gasteiger partial charge is 0.318 e. The number of anilines is 2. The number of benzene rings is 3. The second-order valence-corrected chi connectivity index (χ2v) is 7.72. The predicted molar refractivity (Wildman–Crippen MR) is 126 cm³/mol. The van der Waals surface area contributed by atoms with Gasteiger partial charge in [-0.25, -0.2) is 9.07 Å². The molecule has 7 nitrogen and oxygen atoms in total. The van der Waals surface area contributed by atoms with Crippen LogP contribution >= 0.6 is 23.2 Å². The quantitative estimate of drug-likeness (QED) is 0.354. The van der Waals surface area contributed by atoms with Gasteiger partial charge in [0.1, 0.15) is 11.5 Å². The highest BCUT2D eigenvalue weighted by Gasteiger charge is 2.22. The predicted octanol–water partition coefficient (Wildman–Crippen LogP) is 5.05. The third-order valence-electron chi connectivity index (χ3n) is 4.66. The molecule has 3 aromatic carbocycles. The summed E-state index contributed by atoms with van der Waals surface area (Å²) in [4.78, 5) is 38.0. The maximum Gasteiger partial charge on any atom is 0.328 e. The molecule has 0 bridgehead atoms. The van der Waals surface area contributed by atoms with Gasteiger partial charge in [-0.05, 0) is 48.5 Å². The summed E-state index contributed by atoms with van der Waals surface area (Å²) in [5.74, 6) is -3.39. The molecule has 3 amide bonds. The first-order valence-electron chi connectivity index (χ1n) is 9.57. The number of amides is 3. The average molecular weight is 485 g/mol. The number of halogens is 3. The van der Waals surface area contributed by atoms with E-state index < -0.39 is 23.5 Å². The van der Waals surface area contributed by atoms with E-state index >= 15 is 0 Å². The lowest BCUT2D eigenvalue weighted by atomic mass is 10.2. The second-order valence-electron chi connectivity index (χ2n) is 6.88. The topological polar surface area (TPSA) is 92.2 Å². The third kappa shape index (κ3) is 4.82. The van der Waals surface area contributed by atoms with Crippen molar-refractivity contribution in [3.8, 4) is 0 Å². The van der Waals surface area contributed by atoms with Crippen molar-refractivity contribution in [1.29, 1.82) is 0 Å². The number of nitrogens with one attached hydrogen (secondary N) is 3. The van der Waals surface area contributed by atoms with Crippen LogP contribution in [0, 0.1) is 5.82 Å². The first-order valence-corrected chi connectivity index (χ1v) is 10.3. The molecule has 0 radical (unpaired) electrons. The van der Waals surface area contributed by atoms with Crippen molar-refractivity contribution < 1.29 is 18.8 Å². The van der Waals surface area contributed by atoms with Crippen molar-refractivity contribution in [3.63, 3.8) is 0 Å². The first-order chi connectivity index (χ1) is 15.8. The summed E-state index contributed by atoms with van der Waals surface area (Å²) >= 11 is 12.1. The lowest BCUT2D eigenvalue weighted by Crippen LogP contribution is -2.36. The zero-order valence-corrected chi connectivity index (χ0v) is 18.2. The molecule has 1 heterocycles. The number of carbonyl (C=O) groups excluding carboxylic acids is 3. The van der Waals surface area contributed by atoms with Crippen LogP contribution < -0.4 is 16.1 Å². The molecule has 0 fully saturated rings. The Balaban J connectivity index is 1.65. The standard InChI is InChI=1S/C23H15Cl2FN4O3/c24-14-9-10-19-13(11-14)12-20(21(31)28-18-8-4-2-6-16(18)26)30(19)29-23(33)22(32)27-17-7-3-1-5-15(17)25/h1-12H,(H,27,32)(H,28,31)(H,29,33). The summed E-state index contributed by atoms with van der Waals surface area (Å²) in [6, 6.07) is 18.3. The number of fused-ring (bicyclic) bond motifs is 1. The summed E-state index contributed by atoms with van der Waals surface area (Å²) in [5.41, 5.74) is 2.96. The van der Waals surface area contributed by atoms with Gasteiger partial charge in [0.25, 0.3) is 5.91 Å². The molecule has 1 aromatic heterocycles. The van der Waals surface area contributed by atoms with Crippen molar-refractivity contribution in [1.82, 2.24) is 4.68 Å². The molecule has 4 aromatic rings. The molecule has 0 aliphatic heterocycles. The Morgan fingerprint density at radius 1 is 0.788 bits per heavy atom. The lowest BCUT2D eigenvalue weighted by molar-refractivity contribution is -0.133. The fourth-order valence-electron chi connectivity index (χ4n) is 3.12. The van der Waals surface area contributed by atoms with Gasteiger partial charge >= 0.3 is 11.8 Å². The number of para-hydroxylation sites is 2. The Hall–Kier alpha value is -3.88. The third-order valence-corrected chi connectivity index (χ3v) is 5.22. The van der Waals surface area contributed by atoms with Crippen LogP contribution in [-0.2, 0) is 9.59 Å². The fraction of sp³-hybridized carbons (Fsp3) is 0. The van der Waals surface area contributed by atoms with Crippen LogP contribution in [0.2, 0.25) is 10.0 Å². The maximum absolute atomic E-state index is 14.0. The minimum Gasteiger partial charge on any atom is -0.318 e. The number of aromatic nitrogens is 1. The Labute approximate surface area is 197 Å². The van der Waals surface area contributed by atoms with Crippen LogP contribution in [0.4, 0.5) is 15.8 Å². The number of hydrogen-bond acceptors (Lipinski definition) is 3. The largest absolute Gasteiger partial charge is 0.328 e. The highest BCUT2D eigenvalue weighted by Crippen LogP contribution is 2.24. The van der Waals surface area contributed by atoms with Crippen LogP contribution in [-0.4, -0.2) is 22.4 Å². The highest BCUT2D eigenvalue weighted by atomic mass is 35.5. The molecular weight excluding hydrogens is 470 g/mol. The molecule has 3 N–H and O–H groups in total. The van der Waals surface area contributed by atoms with Crippen molar-refractivity contribution in [3.05, 3.63) is 94.4 Å². The van der Waals surface area contributed by atoms with Gasteiger partial charge in [-0.3, -0.25) is 19.8 Å². The van der Waals surface area contributed by atoms with Gasteiger partial charge in [-0.1, -0.05) is 47.5 Å². The van der Waals surface area contributed by atoms with E-state index in [0.717, 1.165) is 4.68 Å². The molecule has 0 atom stereocenters. The number of carbonyl (C=O) groups is 3. The van der Waals surface area contributed by atoms with E-state index in [9.17, 15) is 18.8 Å². The Morgan fingerprint density at radius 2 is 1.48 bits per heavy atom. The fourth-order valence-corrected chi connectivity index (χ4v) is 3.48.